The molecule has 7 heteroatoms. The van der Waals surface area contributed by atoms with Crippen LogP contribution in [-0.4, -0.2) is 43.4 Å². The van der Waals surface area contributed by atoms with Crippen LogP contribution in [0.25, 0.3) is 0 Å². The van der Waals surface area contributed by atoms with Crippen LogP contribution < -0.4 is 10.6 Å². The van der Waals surface area contributed by atoms with Crippen molar-refractivity contribution in [3.63, 3.8) is 0 Å². The summed E-state index contributed by atoms with van der Waals surface area (Å²) in [5.41, 5.74) is 2.84. The highest BCUT2D eigenvalue weighted by Crippen LogP contribution is 2.21. The highest BCUT2D eigenvalue weighted by atomic mass is 127. The number of amides is 1. The monoisotopic (exact) mass is 498 g/mol. The molecule has 2 aromatic rings. The first-order valence-electron chi connectivity index (χ1n) is 8.96. The molecule has 2 N–H and O–H groups in total. The van der Waals surface area contributed by atoms with Crippen LogP contribution in [0.4, 0.5) is 0 Å². The highest BCUT2D eigenvalue weighted by Gasteiger charge is 2.19. The van der Waals surface area contributed by atoms with E-state index >= 15 is 0 Å². The number of carbonyl (C=O) groups excluding carboxylic acids is 1. The molecule has 1 aliphatic rings. The van der Waals surface area contributed by atoms with Gasteiger partial charge in [0.2, 0.25) is 5.91 Å². The second-order valence-corrected chi connectivity index (χ2v) is 7.77. The summed E-state index contributed by atoms with van der Waals surface area (Å²) >= 11 is 1.71. The summed E-state index contributed by atoms with van der Waals surface area (Å²) in [5, 5.41) is 8.96. The molecule has 1 atom stereocenters. The Kier molecular flexibility index (Phi) is 8.56. The highest BCUT2D eigenvalue weighted by molar-refractivity contribution is 14.0. The van der Waals surface area contributed by atoms with Crippen molar-refractivity contribution < 1.29 is 4.79 Å². The smallest absolute Gasteiger partial charge is 0.243 e. The molecule has 0 bridgehead atoms. The Morgan fingerprint density at radius 3 is 2.70 bits per heavy atom. The fraction of sp³-hybridized carbons (Fsp3) is 0.400. The lowest BCUT2D eigenvalue weighted by molar-refractivity contribution is -0.127. The summed E-state index contributed by atoms with van der Waals surface area (Å²) in [6.07, 6.45) is 3.12. The van der Waals surface area contributed by atoms with Crippen molar-refractivity contribution in [1.29, 1.82) is 0 Å². The van der Waals surface area contributed by atoms with Crippen LogP contribution in [0, 0.1) is 0 Å². The lowest BCUT2D eigenvalue weighted by Gasteiger charge is -2.27. The van der Waals surface area contributed by atoms with Gasteiger partial charge in [0.1, 0.15) is 6.54 Å². The number of carbonyl (C=O) groups is 1. The Hall–Kier alpha value is -1.61. The predicted molar refractivity (Wildman–Crippen MR) is 123 cm³/mol. The molecule has 1 heterocycles. The molecule has 5 nitrogen and oxygen atoms in total. The molecule has 3 rings (SSSR count). The fourth-order valence-corrected chi connectivity index (χ4v) is 3.68. The zero-order valence-corrected chi connectivity index (χ0v) is 18.9. The summed E-state index contributed by atoms with van der Waals surface area (Å²) < 4.78 is 0. The van der Waals surface area contributed by atoms with E-state index in [-0.39, 0.29) is 36.4 Å². The number of guanidine groups is 1. The molecule has 1 aromatic heterocycles. The van der Waals surface area contributed by atoms with Crippen LogP contribution >= 0.6 is 35.3 Å². The van der Waals surface area contributed by atoms with Crippen LogP contribution in [0.15, 0.2) is 46.8 Å². The van der Waals surface area contributed by atoms with Crippen molar-refractivity contribution in [2.24, 2.45) is 4.99 Å². The molecule has 0 spiro atoms. The molecule has 0 fully saturated rings. The van der Waals surface area contributed by atoms with Gasteiger partial charge in [0.05, 0.1) is 6.54 Å². The van der Waals surface area contributed by atoms with Crippen LogP contribution in [0.5, 0.6) is 0 Å². The topological polar surface area (TPSA) is 56.7 Å². The normalized spacial score (nSPS) is 16.1. The largest absolute Gasteiger partial charge is 0.353 e. The molecular weight excluding hydrogens is 471 g/mol. The molecule has 0 radical (unpaired) electrons. The average molecular weight is 498 g/mol. The number of rotatable bonds is 5. The SMILES string of the molecule is CN(C)C(=O)CN=C(NCc1cccs1)NC1CCc2ccccc2C1.I. The number of aliphatic imine (C=N–C) groups is 1. The van der Waals surface area contributed by atoms with Gasteiger partial charge in [0.15, 0.2) is 5.96 Å². The number of hydrogen-bond donors (Lipinski definition) is 2. The van der Waals surface area contributed by atoms with Crippen molar-refractivity contribution in [3.05, 3.63) is 57.8 Å². The van der Waals surface area contributed by atoms with Gasteiger partial charge in [0, 0.05) is 25.0 Å². The number of halogens is 1. The second-order valence-electron chi connectivity index (χ2n) is 6.74. The van der Waals surface area contributed by atoms with Gasteiger partial charge in [-0.2, -0.15) is 0 Å². The van der Waals surface area contributed by atoms with Gasteiger partial charge < -0.3 is 15.5 Å². The number of nitrogens with one attached hydrogen (secondary N) is 2. The summed E-state index contributed by atoms with van der Waals surface area (Å²) in [6, 6.07) is 13.1. The number of fused-ring (bicyclic) bond motifs is 1. The Morgan fingerprint density at radius 1 is 1.22 bits per heavy atom. The van der Waals surface area contributed by atoms with Crippen LogP contribution in [0.2, 0.25) is 0 Å². The van der Waals surface area contributed by atoms with E-state index in [4.69, 9.17) is 0 Å². The first-order chi connectivity index (χ1) is 12.6. The van der Waals surface area contributed by atoms with E-state index in [2.05, 4.69) is 51.3 Å². The summed E-state index contributed by atoms with van der Waals surface area (Å²) in [7, 11) is 3.50. The number of thiophene rings is 1. The maximum Gasteiger partial charge on any atom is 0.243 e. The Morgan fingerprint density at radius 2 is 2.00 bits per heavy atom. The number of nitrogens with zero attached hydrogens (tertiary/aromatic N) is 2. The standard InChI is InChI=1S/C20H26N4OS.HI/c1-24(2)19(25)14-22-20(21-13-18-8-5-11-26-18)23-17-10-9-15-6-3-4-7-16(15)12-17;/h3-8,11,17H,9-10,12-14H2,1-2H3,(H2,21,22,23);1H. The summed E-state index contributed by atoms with van der Waals surface area (Å²) in [5.74, 6) is 0.703. The predicted octanol–water partition coefficient (Wildman–Crippen LogP) is 3.05. The molecule has 146 valence electrons. The van der Waals surface area contributed by atoms with E-state index in [1.807, 2.05) is 6.07 Å². The number of aryl methyl sites for hydroxylation is 1. The summed E-state index contributed by atoms with van der Waals surface area (Å²) in [4.78, 5) is 19.2. The Labute approximate surface area is 182 Å². The number of benzene rings is 1. The van der Waals surface area contributed by atoms with E-state index in [1.165, 1.54) is 16.0 Å². The molecule has 1 unspecified atom stereocenters. The van der Waals surface area contributed by atoms with E-state index in [9.17, 15) is 4.79 Å². The van der Waals surface area contributed by atoms with Gasteiger partial charge in [0.25, 0.3) is 0 Å². The number of likely N-dealkylation sites (N-methyl/N-ethyl adjacent to an activating group) is 1. The van der Waals surface area contributed by atoms with Crippen LogP contribution in [0.3, 0.4) is 0 Å². The Bertz CT molecular complexity index is 761. The molecule has 27 heavy (non-hydrogen) atoms. The van der Waals surface area contributed by atoms with Gasteiger partial charge in [-0.25, -0.2) is 4.99 Å². The van der Waals surface area contributed by atoms with Crippen LogP contribution in [-0.2, 0) is 24.2 Å². The lowest BCUT2D eigenvalue weighted by Crippen LogP contribution is -2.46. The molecule has 0 saturated carbocycles. The van der Waals surface area contributed by atoms with Crippen molar-refractivity contribution in [2.45, 2.75) is 31.8 Å². The first-order valence-corrected chi connectivity index (χ1v) is 9.84. The van der Waals surface area contributed by atoms with Crippen molar-refractivity contribution in [2.75, 3.05) is 20.6 Å². The lowest BCUT2D eigenvalue weighted by atomic mass is 9.88. The average Bonchev–Trinajstić information content (AvgIpc) is 3.17. The molecular formula is C20H27IN4OS. The maximum absolute atomic E-state index is 11.9. The van der Waals surface area contributed by atoms with E-state index in [0.717, 1.165) is 19.3 Å². The zero-order chi connectivity index (χ0) is 18.4. The molecule has 1 aliphatic carbocycles. The van der Waals surface area contributed by atoms with Gasteiger partial charge >= 0.3 is 0 Å². The molecule has 1 amide bonds. The van der Waals surface area contributed by atoms with Gasteiger partial charge in [-0.05, 0) is 41.8 Å². The molecule has 0 saturated heterocycles. The van der Waals surface area contributed by atoms with E-state index in [1.54, 1.807) is 30.3 Å². The Balaban J connectivity index is 0.00000261. The maximum atomic E-state index is 11.9. The van der Waals surface area contributed by atoms with Crippen molar-refractivity contribution >= 4 is 47.2 Å². The quantitative estimate of drug-likeness (QED) is 0.379. The third-order valence-electron chi connectivity index (χ3n) is 4.57. The minimum absolute atomic E-state index is 0. The van der Waals surface area contributed by atoms with Gasteiger partial charge in [-0.3, -0.25) is 4.79 Å². The third-order valence-corrected chi connectivity index (χ3v) is 5.45. The zero-order valence-electron chi connectivity index (χ0n) is 15.8. The van der Waals surface area contributed by atoms with E-state index < -0.39 is 0 Å². The second kappa shape index (κ2) is 10.7. The van der Waals surface area contributed by atoms with Crippen molar-refractivity contribution in [3.8, 4) is 0 Å². The summed E-state index contributed by atoms with van der Waals surface area (Å²) in [6.45, 7) is 0.860. The minimum Gasteiger partial charge on any atom is -0.353 e. The first kappa shape index (κ1) is 21.7. The van der Waals surface area contributed by atoms with E-state index in [0.29, 0.717) is 18.5 Å². The molecule has 1 aromatic carbocycles. The van der Waals surface area contributed by atoms with Gasteiger partial charge in [-0.15, -0.1) is 35.3 Å². The van der Waals surface area contributed by atoms with Crippen LogP contribution in [0.1, 0.15) is 22.4 Å². The van der Waals surface area contributed by atoms with Gasteiger partial charge in [-0.1, -0.05) is 30.3 Å². The number of hydrogen-bond acceptors (Lipinski definition) is 3. The third kappa shape index (κ3) is 6.49. The van der Waals surface area contributed by atoms with Crippen molar-refractivity contribution in [1.82, 2.24) is 15.5 Å². The molecule has 0 aliphatic heterocycles. The fourth-order valence-electron chi connectivity index (χ4n) is 3.04. The minimum atomic E-state index is -0.00351.